The van der Waals surface area contributed by atoms with Crippen LogP contribution >= 0.6 is 0 Å². The van der Waals surface area contributed by atoms with Crippen LogP contribution in [0.2, 0.25) is 0 Å². The van der Waals surface area contributed by atoms with Gasteiger partial charge >= 0.3 is 0 Å². The summed E-state index contributed by atoms with van der Waals surface area (Å²) in [6.45, 7) is 8.72. The molecule has 0 saturated carbocycles. The van der Waals surface area contributed by atoms with Gasteiger partial charge in [0.25, 0.3) is 5.91 Å². The van der Waals surface area contributed by atoms with Crippen LogP contribution in [0.1, 0.15) is 16.9 Å². The summed E-state index contributed by atoms with van der Waals surface area (Å²) in [5.41, 5.74) is 1.01. The van der Waals surface area contributed by atoms with Crippen LogP contribution in [0.5, 0.6) is 0 Å². The van der Waals surface area contributed by atoms with Crippen LogP contribution < -0.4 is 0 Å². The second kappa shape index (κ2) is 4.49. The van der Waals surface area contributed by atoms with Crippen molar-refractivity contribution < 1.29 is 4.79 Å². The molecule has 2 aliphatic rings. The maximum Gasteiger partial charge on any atom is 0.272 e. The molecule has 0 N–H and O–H groups in total. The van der Waals surface area contributed by atoms with Crippen molar-refractivity contribution in [1.82, 2.24) is 19.6 Å². The van der Waals surface area contributed by atoms with E-state index >= 15 is 0 Å². The fourth-order valence-electron chi connectivity index (χ4n) is 3.28. The number of rotatable bonds is 3. The molecule has 0 unspecified atom stereocenters. The van der Waals surface area contributed by atoms with Gasteiger partial charge < -0.3 is 4.90 Å². The average molecular weight is 260 g/mol. The van der Waals surface area contributed by atoms with E-state index in [1.165, 1.54) is 6.42 Å². The van der Waals surface area contributed by atoms with Gasteiger partial charge in [-0.1, -0.05) is 6.08 Å². The standard InChI is InChI=1S/C14H20N4O/c1-3-7-17-8-5-14(9-17)10-18(11-14)13(19)12-4-6-15-16(12)2/h3-4,6H,1,5,7-11H2,2H3. The minimum Gasteiger partial charge on any atom is -0.336 e. The summed E-state index contributed by atoms with van der Waals surface area (Å²) in [4.78, 5) is 16.6. The summed E-state index contributed by atoms with van der Waals surface area (Å²) in [5, 5.41) is 4.05. The number of hydrogen-bond donors (Lipinski definition) is 0. The minimum atomic E-state index is 0.104. The van der Waals surface area contributed by atoms with Gasteiger partial charge in [-0.3, -0.25) is 14.4 Å². The van der Waals surface area contributed by atoms with Crippen molar-refractivity contribution in [1.29, 1.82) is 0 Å². The van der Waals surface area contributed by atoms with Crippen molar-refractivity contribution in [3.8, 4) is 0 Å². The SMILES string of the molecule is C=CCN1CCC2(C1)CN(C(=O)c1ccnn1C)C2. The molecule has 0 aliphatic carbocycles. The first-order valence-corrected chi connectivity index (χ1v) is 6.74. The van der Waals surface area contributed by atoms with Gasteiger partial charge in [0.1, 0.15) is 5.69 Å². The zero-order valence-electron chi connectivity index (χ0n) is 11.4. The molecule has 0 aromatic carbocycles. The first kappa shape index (κ1) is 12.4. The lowest BCUT2D eigenvalue weighted by molar-refractivity contribution is 0.0104. The highest BCUT2D eigenvalue weighted by Gasteiger charge is 2.49. The summed E-state index contributed by atoms with van der Waals surface area (Å²) >= 11 is 0. The quantitative estimate of drug-likeness (QED) is 0.753. The molecule has 2 aliphatic heterocycles. The van der Waals surface area contributed by atoms with Gasteiger partial charge in [-0.15, -0.1) is 6.58 Å². The molecular formula is C14H20N4O. The number of amides is 1. The fraction of sp³-hybridized carbons (Fsp3) is 0.571. The topological polar surface area (TPSA) is 41.4 Å². The Morgan fingerprint density at radius 2 is 2.32 bits per heavy atom. The van der Waals surface area contributed by atoms with Crippen LogP contribution in [0.3, 0.4) is 0 Å². The summed E-state index contributed by atoms with van der Waals surface area (Å²) in [5.74, 6) is 0.104. The molecule has 1 aromatic rings. The van der Waals surface area contributed by atoms with Crippen molar-refractivity contribution in [2.45, 2.75) is 6.42 Å². The van der Waals surface area contributed by atoms with E-state index in [1.807, 2.05) is 18.0 Å². The largest absolute Gasteiger partial charge is 0.336 e. The summed E-state index contributed by atoms with van der Waals surface area (Å²) in [7, 11) is 1.81. The highest BCUT2D eigenvalue weighted by Crippen LogP contribution is 2.39. The van der Waals surface area contributed by atoms with Gasteiger partial charge in [0.15, 0.2) is 0 Å². The second-order valence-corrected chi connectivity index (χ2v) is 5.78. The van der Waals surface area contributed by atoms with Crippen LogP contribution in [-0.2, 0) is 7.05 Å². The van der Waals surface area contributed by atoms with Gasteiger partial charge in [-0.05, 0) is 19.0 Å². The molecule has 1 amide bonds. The maximum absolute atomic E-state index is 12.3. The molecule has 19 heavy (non-hydrogen) atoms. The first-order valence-electron chi connectivity index (χ1n) is 6.74. The maximum atomic E-state index is 12.3. The summed E-state index contributed by atoms with van der Waals surface area (Å²) < 4.78 is 1.64. The lowest BCUT2D eigenvalue weighted by Crippen LogP contribution is -2.59. The number of carbonyl (C=O) groups is 1. The highest BCUT2D eigenvalue weighted by molar-refractivity contribution is 5.93. The Labute approximate surface area is 113 Å². The van der Waals surface area contributed by atoms with Crippen molar-refractivity contribution >= 4 is 5.91 Å². The zero-order valence-corrected chi connectivity index (χ0v) is 11.4. The van der Waals surface area contributed by atoms with E-state index in [1.54, 1.807) is 16.9 Å². The van der Waals surface area contributed by atoms with E-state index in [9.17, 15) is 4.79 Å². The molecule has 3 heterocycles. The molecule has 3 rings (SSSR count). The van der Waals surface area contributed by atoms with E-state index in [0.717, 1.165) is 32.7 Å². The third-order valence-electron chi connectivity index (χ3n) is 4.28. The monoisotopic (exact) mass is 260 g/mol. The minimum absolute atomic E-state index is 0.104. The molecule has 2 saturated heterocycles. The summed E-state index contributed by atoms with van der Waals surface area (Å²) in [6.07, 6.45) is 4.82. The molecule has 5 nitrogen and oxygen atoms in total. The Kier molecular flexibility index (Phi) is 2.93. The van der Waals surface area contributed by atoms with E-state index in [4.69, 9.17) is 0 Å². The van der Waals surface area contributed by atoms with E-state index in [2.05, 4.69) is 16.6 Å². The van der Waals surface area contributed by atoms with Crippen LogP contribution in [0, 0.1) is 5.41 Å². The number of aryl methyl sites for hydroxylation is 1. The van der Waals surface area contributed by atoms with Crippen molar-refractivity contribution in [3.63, 3.8) is 0 Å². The van der Waals surface area contributed by atoms with Crippen molar-refractivity contribution in [3.05, 3.63) is 30.6 Å². The first-order chi connectivity index (χ1) is 9.13. The van der Waals surface area contributed by atoms with Crippen molar-refractivity contribution in [2.75, 3.05) is 32.7 Å². The lowest BCUT2D eigenvalue weighted by atomic mass is 9.79. The fourth-order valence-corrected chi connectivity index (χ4v) is 3.28. The van der Waals surface area contributed by atoms with Crippen molar-refractivity contribution in [2.24, 2.45) is 12.5 Å². The molecule has 0 bridgehead atoms. The van der Waals surface area contributed by atoms with E-state index < -0.39 is 0 Å². The third kappa shape index (κ3) is 2.08. The van der Waals surface area contributed by atoms with Gasteiger partial charge in [0.2, 0.25) is 0 Å². The lowest BCUT2D eigenvalue weighted by Gasteiger charge is -2.48. The summed E-state index contributed by atoms with van der Waals surface area (Å²) in [6, 6.07) is 1.78. The van der Waals surface area contributed by atoms with Gasteiger partial charge in [0.05, 0.1) is 0 Å². The number of carbonyl (C=O) groups excluding carboxylic acids is 1. The predicted octanol–water partition coefficient (Wildman–Crippen LogP) is 0.754. The van der Waals surface area contributed by atoms with Crippen LogP contribution in [0.15, 0.2) is 24.9 Å². The molecule has 2 fully saturated rings. The predicted molar refractivity (Wildman–Crippen MR) is 72.8 cm³/mol. The number of likely N-dealkylation sites (tertiary alicyclic amines) is 2. The Morgan fingerprint density at radius 1 is 1.53 bits per heavy atom. The van der Waals surface area contributed by atoms with E-state index in [-0.39, 0.29) is 5.91 Å². The third-order valence-corrected chi connectivity index (χ3v) is 4.28. The molecule has 1 aromatic heterocycles. The second-order valence-electron chi connectivity index (χ2n) is 5.78. The Hall–Kier alpha value is -1.62. The smallest absolute Gasteiger partial charge is 0.272 e. The molecule has 1 spiro atoms. The number of aromatic nitrogens is 2. The Bertz CT molecular complexity index is 501. The molecule has 102 valence electrons. The number of hydrogen-bond acceptors (Lipinski definition) is 3. The van der Waals surface area contributed by atoms with Gasteiger partial charge in [-0.25, -0.2) is 0 Å². The normalized spacial score (nSPS) is 21.6. The van der Waals surface area contributed by atoms with Crippen LogP contribution in [-0.4, -0.2) is 58.2 Å². The van der Waals surface area contributed by atoms with Gasteiger partial charge in [-0.2, -0.15) is 5.10 Å². The molecule has 0 atom stereocenters. The molecular weight excluding hydrogens is 240 g/mol. The Morgan fingerprint density at radius 3 is 2.95 bits per heavy atom. The van der Waals surface area contributed by atoms with Crippen LogP contribution in [0.4, 0.5) is 0 Å². The molecule has 0 radical (unpaired) electrons. The molecule has 5 heteroatoms. The Balaban J connectivity index is 1.60. The van der Waals surface area contributed by atoms with Gasteiger partial charge in [0, 0.05) is 44.8 Å². The highest BCUT2D eigenvalue weighted by atomic mass is 16.2. The van der Waals surface area contributed by atoms with Crippen LogP contribution in [0.25, 0.3) is 0 Å². The average Bonchev–Trinajstić information content (AvgIpc) is 2.93. The zero-order chi connectivity index (χ0) is 13.5. The number of nitrogens with zero attached hydrogens (tertiary/aromatic N) is 4. The van der Waals surface area contributed by atoms with E-state index in [0.29, 0.717) is 11.1 Å².